The van der Waals surface area contributed by atoms with Crippen molar-refractivity contribution in [3.63, 3.8) is 0 Å². The van der Waals surface area contributed by atoms with Crippen molar-refractivity contribution in [2.24, 2.45) is 5.41 Å². The summed E-state index contributed by atoms with van der Waals surface area (Å²) in [6.45, 7) is 5.74. The van der Waals surface area contributed by atoms with Crippen molar-refractivity contribution in [1.82, 2.24) is 30.2 Å². The molecule has 16 heteroatoms. The fourth-order valence-electron chi connectivity index (χ4n) is 6.13. The molecule has 1 aliphatic carbocycles. The largest absolute Gasteiger partial charge is 0.474 e. The topological polar surface area (TPSA) is 133 Å². The molecule has 6 rings (SSSR count). The van der Waals surface area contributed by atoms with Crippen LogP contribution in [-0.4, -0.2) is 96.2 Å². The Morgan fingerprint density at radius 2 is 1.89 bits per heavy atom. The lowest BCUT2D eigenvalue weighted by Gasteiger charge is -2.48. The lowest BCUT2D eigenvalue weighted by atomic mass is 9.93. The van der Waals surface area contributed by atoms with Gasteiger partial charge in [-0.25, -0.2) is 18.7 Å². The second kappa shape index (κ2) is 12.2. The minimum atomic E-state index is -4.88. The highest BCUT2D eigenvalue weighted by Gasteiger charge is 2.51. The molecule has 4 N–H and O–H groups in total. The number of aryl methyl sites for hydroxylation is 1. The van der Waals surface area contributed by atoms with E-state index in [4.69, 9.17) is 19.9 Å². The molecule has 0 radical (unpaired) electrons. The molecule has 0 bridgehead atoms. The Kier molecular flexibility index (Phi) is 8.56. The van der Waals surface area contributed by atoms with Crippen LogP contribution in [0.2, 0.25) is 0 Å². The van der Waals surface area contributed by atoms with Crippen LogP contribution in [0.1, 0.15) is 37.4 Å². The van der Waals surface area contributed by atoms with Gasteiger partial charge in [-0.2, -0.15) is 23.1 Å². The first kappa shape index (κ1) is 32.3. The highest BCUT2D eigenvalue weighted by molar-refractivity contribution is 5.96. The number of pyridine rings is 2. The van der Waals surface area contributed by atoms with E-state index in [0.29, 0.717) is 45.7 Å². The van der Waals surface area contributed by atoms with Crippen LogP contribution in [0.4, 0.5) is 33.6 Å². The number of aromatic nitrogens is 4. The van der Waals surface area contributed by atoms with Crippen LogP contribution < -0.4 is 25.8 Å². The number of likely N-dealkylation sites (tertiary alicyclic amines) is 1. The fraction of sp³-hybridized carbons (Fsp3) is 0.600. The van der Waals surface area contributed by atoms with Crippen molar-refractivity contribution in [2.75, 3.05) is 70.7 Å². The predicted molar refractivity (Wildman–Crippen MR) is 160 cm³/mol. The smallest absolute Gasteiger partial charge is 0.418 e. The number of halogens is 5. The minimum Gasteiger partial charge on any atom is -0.474 e. The number of alkyl halides is 4. The number of nitrogens with zero attached hydrogens (tertiary/aromatic N) is 5. The Labute approximate surface area is 262 Å². The van der Waals surface area contributed by atoms with Gasteiger partial charge in [0.2, 0.25) is 5.88 Å². The van der Waals surface area contributed by atoms with Gasteiger partial charge in [-0.15, -0.1) is 0 Å². The van der Waals surface area contributed by atoms with Crippen molar-refractivity contribution in [2.45, 2.75) is 51.0 Å². The molecule has 1 unspecified atom stereocenters. The molecule has 1 atom stereocenters. The number of methoxy groups -OCH3 is 1. The van der Waals surface area contributed by atoms with Crippen molar-refractivity contribution < 1.29 is 36.2 Å². The number of ether oxygens (including phenoxy) is 3. The third-order valence-corrected chi connectivity index (χ3v) is 8.85. The number of nitrogen functional groups attached to an aromatic ring is 1. The molecule has 2 aliphatic heterocycles. The second-order valence-corrected chi connectivity index (χ2v) is 12.6. The maximum Gasteiger partial charge on any atom is 0.418 e. The van der Waals surface area contributed by atoms with Crippen LogP contribution in [0.5, 0.6) is 11.9 Å². The zero-order valence-corrected chi connectivity index (χ0v) is 25.9. The first-order valence-electron chi connectivity index (χ1n) is 15.2. The average molecular weight is 653 g/mol. The molecule has 0 aromatic carbocycles. The van der Waals surface area contributed by atoms with Gasteiger partial charge < -0.3 is 30.6 Å². The van der Waals surface area contributed by atoms with Gasteiger partial charge in [-0.3, -0.25) is 4.90 Å². The van der Waals surface area contributed by atoms with Gasteiger partial charge in [0.1, 0.15) is 40.5 Å². The van der Waals surface area contributed by atoms with E-state index < -0.39 is 52.9 Å². The number of nitrogens with one attached hydrogen (secondary N) is 2. The minimum absolute atomic E-state index is 0.0819. The molecule has 3 aromatic rings. The Hall–Kier alpha value is -3.63. The summed E-state index contributed by atoms with van der Waals surface area (Å²) in [6.07, 6.45) is -3.02. The van der Waals surface area contributed by atoms with Crippen LogP contribution in [0.25, 0.3) is 22.2 Å². The summed E-state index contributed by atoms with van der Waals surface area (Å²) in [5.74, 6) is -1.29. The average Bonchev–Trinajstić information content (AvgIpc) is 3.75. The number of rotatable bonds is 8. The zero-order valence-electron chi connectivity index (χ0n) is 25.9. The number of hydrogen-bond acceptors (Lipinski definition) is 11. The first-order chi connectivity index (χ1) is 21.9. The number of nitrogens with two attached hydrogens (primary N) is 1. The molecule has 5 heterocycles. The lowest BCUT2D eigenvalue weighted by molar-refractivity contribution is -0.140. The van der Waals surface area contributed by atoms with Gasteiger partial charge in [0.25, 0.3) is 0 Å². The van der Waals surface area contributed by atoms with Crippen LogP contribution >= 0.6 is 0 Å². The molecule has 250 valence electrons. The van der Waals surface area contributed by atoms with E-state index in [1.54, 1.807) is 6.92 Å². The maximum absolute atomic E-state index is 16.6. The van der Waals surface area contributed by atoms with E-state index in [1.807, 2.05) is 0 Å². The molecule has 46 heavy (non-hydrogen) atoms. The highest BCUT2D eigenvalue weighted by atomic mass is 19.4. The normalized spacial score (nSPS) is 21.1. The van der Waals surface area contributed by atoms with E-state index in [9.17, 15) is 17.6 Å². The summed E-state index contributed by atoms with van der Waals surface area (Å²) in [5.41, 5.74) is 1.74. The standard InChI is InChI=1S/C30H37F5N8O3/c1-16-4-7-37-8-9-38-25-20-24(41-27(42-25)45-15-28(5-6-28)12-43-13-29(11-31,14-43)44-3)22(32)23(40-26(20)46-16)18-10-19(36)39-17(2)21(18)30(33,34)35/h10,16,37H,4-9,11-15H2,1-3H3,(H2,36,39)(H,38,41,42). The summed E-state index contributed by atoms with van der Waals surface area (Å²) < 4.78 is 90.4. The summed E-state index contributed by atoms with van der Waals surface area (Å²) in [4.78, 5) is 19.1. The Morgan fingerprint density at radius 3 is 2.57 bits per heavy atom. The van der Waals surface area contributed by atoms with Gasteiger partial charge >= 0.3 is 12.2 Å². The maximum atomic E-state index is 16.6. The third-order valence-electron chi connectivity index (χ3n) is 8.85. The van der Waals surface area contributed by atoms with Crippen LogP contribution in [0.15, 0.2) is 6.07 Å². The lowest BCUT2D eigenvalue weighted by Crippen LogP contribution is -2.65. The first-order valence-corrected chi connectivity index (χ1v) is 15.2. The molecule has 3 aliphatic rings. The third kappa shape index (κ3) is 6.34. The zero-order chi connectivity index (χ0) is 32.9. The molecule has 0 spiro atoms. The summed E-state index contributed by atoms with van der Waals surface area (Å²) >= 11 is 0. The van der Waals surface area contributed by atoms with Crippen molar-refractivity contribution in [3.8, 4) is 23.1 Å². The van der Waals surface area contributed by atoms with Gasteiger partial charge in [-0.1, -0.05) is 0 Å². The van der Waals surface area contributed by atoms with Crippen LogP contribution in [-0.2, 0) is 10.9 Å². The highest BCUT2D eigenvalue weighted by Crippen LogP contribution is 2.48. The SMILES string of the molecule is COC1(CF)CN(CC2(COc3nc4c5c(nc(-c6cc(N)nc(C)c6C(F)(F)F)c(F)c5n3)OC(C)CCNCCN4)CC2)C1. The van der Waals surface area contributed by atoms with Crippen LogP contribution in [0, 0.1) is 18.2 Å². The molecule has 11 nitrogen and oxygen atoms in total. The Balaban J connectivity index is 1.41. The quantitative estimate of drug-likeness (QED) is 0.304. The monoisotopic (exact) mass is 652 g/mol. The second-order valence-electron chi connectivity index (χ2n) is 12.6. The molecule has 3 aromatic heterocycles. The molecule has 1 saturated heterocycles. The van der Waals surface area contributed by atoms with E-state index in [0.717, 1.165) is 25.8 Å². The Morgan fingerprint density at radius 1 is 1.13 bits per heavy atom. The summed E-state index contributed by atoms with van der Waals surface area (Å²) in [6, 6.07) is 0.795. The predicted octanol–water partition coefficient (Wildman–Crippen LogP) is 4.14. The van der Waals surface area contributed by atoms with Gasteiger partial charge in [0.05, 0.1) is 24.0 Å². The van der Waals surface area contributed by atoms with Crippen molar-refractivity contribution in [1.29, 1.82) is 0 Å². The number of anilines is 2. The van der Waals surface area contributed by atoms with Gasteiger partial charge in [-0.05, 0) is 45.7 Å². The molecule has 2 fully saturated rings. The van der Waals surface area contributed by atoms with E-state index in [-0.39, 0.29) is 46.5 Å². The molecule has 1 saturated carbocycles. The van der Waals surface area contributed by atoms with Gasteiger partial charge in [0, 0.05) is 50.8 Å². The van der Waals surface area contributed by atoms with E-state index in [2.05, 4.69) is 35.5 Å². The molecular weight excluding hydrogens is 615 g/mol. The van der Waals surface area contributed by atoms with Crippen LogP contribution in [0.3, 0.4) is 0 Å². The summed E-state index contributed by atoms with van der Waals surface area (Å²) in [7, 11) is 1.50. The van der Waals surface area contributed by atoms with Crippen molar-refractivity contribution in [3.05, 3.63) is 23.1 Å². The Bertz CT molecular complexity index is 1610. The van der Waals surface area contributed by atoms with E-state index >= 15 is 4.39 Å². The van der Waals surface area contributed by atoms with Gasteiger partial charge in [0.15, 0.2) is 5.82 Å². The van der Waals surface area contributed by atoms with E-state index in [1.165, 1.54) is 7.11 Å². The number of hydrogen-bond donors (Lipinski definition) is 3. The van der Waals surface area contributed by atoms with Crippen molar-refractivity contribution >= 4 is 22.5 Å². The molecular formula is C30H37F5N8O3. The molecule has 0 amide bonds. The fourth-order valence-corrected chi connectivity index (χ4v) is 6.13. The summed E-state index contributed by atoms with van der Waals surface area (Å²) in [5, 5.41) is 6.51.